The Labute approximate surface area is 123 Å². The molecular weight excluding hydrogens is 366 g/mol. The molecular formula is C12H15Br2NO3. The number of nitrogens with one attached hydrogen (secondary N) is 1. The van der Waals surface area contributed by atoms with Crippen LogP contribution in [0.2, 0.25) is 0 Å². The van der Waals surface area contributed by atoms with E-state index in [9.17, 15) is 9.90 Å². The van der Waals surface area contributed by atoms with Crippen LogP contribution in [-0.4, -0.2) is 37.4 Å². The van der Waals surface area contributed by atoms with Gasteiger partial charge in [-0.15, -0.1) is 0 Å². The van der Waals surface area contributed by atoms with Gasteiger partial charge in [0.25, 0.3) is 5.91 Å². The number of amides is 1. The number of halogens is 2. The fourth-order valence-corrected chi connectivity index (χ4v) is 2.62. The first-order chi connectivity index (χ1) is 8.54. The first-order valence-corrected chi connectivity index (χ1v) is 7.03. The van der Waals surface area contributed by atoms with Crippen molar-refractivity contribution in [3.63, 3.8) is 0 Å². The Hall–Kier alpha value is -0.430. The molecule has 0 saturated heterocycles. The lowest BCUT2D eigenvalue weighted by Crippen LogP contribution is -2.28. The van der Waals surface area contributed by atoms with Crippen LogP contribution in [0.3, 0.4) is 0 Å². The number of aliphatic hydroxyl groups is 1. The van der Waals surface area contributed by atoms with Gasteiger partial charge in [-0.25, -0.2) is 0 Å². The van der Waals surface area contributed by atoms with E-state index in [2.05, 4.69) is 37.2 Å². The number of hydrogen-bond acceptors (Lipinski definition) is 3. The smallest absolute Gasteiger partial charge is 0.252 e. The van der Waals surface area contributed by atoms with Crippen molar-refractivity contribution in [2.24, 2.45) is 0 Å². The molecule has 18 heavy (non-hydrogen) atoms. The number of rotatable bonds is 6. The van der Waals surface area contributed by atoms with Gasteiger partial charge in [0, 0.05) is 22.6 Å². The maximum atomic E-state index is 11.8. The molecule has 0 radical (unpaired) electrons. The molecule has 6 heteroatoms. The van der Waals surface area contributed by atoms with Gasteiger partial charge < -0.3 is 15.2 Å². The molecule has 0 aromatic heterocycles. The summed E-state index contributed by atoms with van der Waals surface area (Å²) in [5, 5.41) is 12.2. The van der Waals surface area contributed by atoms with Gasteiger partial charge in [-0.3, -0.25) is 4.79 Å². The third-order valence-corrected chi connectivity index (χ3v) is 3.45. The van der Waals surface area contributed by atoms with Crippen LogP contribution in [0, 0.1) is 0 Å². The van der Waals surface area contributed by atoms with E-state index in [0.29, 0.717) is 18.5 Å². The molecule has 0 bridgehead atoms. The van der Waals surface area contributed by atoms with Gasteiger partial charge >= 0.3 is 0 Å². The van der Waals surface area contributed by atoms with E-state index < -0.39 is 6.10 Å². The fourth-order valence-electron chi connectivity index (χ4n) is 1.40. The van der Waals surface area contributed by atoms with Crippen molar-refractivity contribution in [1.29, 1.82) is 0 Å². The van der Waals surface area contributed by atoms with E-state index in [1.54, 1.807) is 12.1 Å². The summed E-state index contributed by atoms with van der Waals surface area (Å²) in [5.41, 5.74) is 0.569. The second kappa shape index (κ2) is 7.89. The van der Waals surface area contributed by atoms with Crippen LogP contribution < -0.4 is 5.32 Å². The maximum Gasteiger partial charge on any atom is 0.252 e. The molecule has 1 aromatic rings. The summed E-state index contributed by atoms with van der Waals surface area (Å²) in [7, 11) is 1.53. The van der Waals surface area contributed by atoms with Crippen molar-refractivity contribution in [1.82, 2.24) is 5.32 Å². The standard InChI is InChI=1S/C12H15Br2NO3/c1-18-7-9(16)4-5-15-12(17)10-3-2-8(13)6-11(10)14/h2-3,6,9,16H,4-5,7H2,1H3,(H,15,17). The quantitative estimate of drug-likeness (QED) is 0.796. The average Bonchev–Trinajstić information content (AvgIpc) is 2.29. The molecule has 1 atom stereocenters. The summed E-state index contributed by atoms with van der Waals surface area (Å²) < 4.78 is 6.44. The van der Waals surface area contributed by atoms with E-state index in [1.807, 2.05) is 6.07 Å². The molecule has 0 fully saturated rings. The highest BCUT2D eigenvalue weighted by Crippen LogP contribution is 2.21. The predicted molar refractivity (Wildman–Crippen MR) is 76.7 cm³/mol. The van der Waals surface area contributed by atoms with Crippen LogP contribution in [-0.2, 0) is 4.74 Å². The zero-order valence-corrected chi connectivity index (χ0v) is 13.1. The van der Waals surface area contributed by atoms with Crippen molar-refractivity contribution >= 4 is 37.8 Å². The summed E-state index contributed by atoms with van der Waals surface area (Å²) in [4.78, 5) is 11.8. The third-order valence-electron chi connectivity index (χ3n) is 2.30. The molecule has 0 aliphatic rings. The topological polar surface area (TPSA) is 58.6 Å². The highest BCUT2D eigenvalue weighted by molar-refractivity contribution is 9.11. The second-order valence-corrected chi connectivity index (χ2v) is 5.55. The Morgan fingerprint density at radius 1 is 1.50 bits per heavy atom. The van der Waals surface area contributed by atoms with Crippen molar-refractivity contribution in [2.45, 2.75) is 12.5 Å². The summed E-state index contributed by atoms with van der Waals surface area (Å²) in [6, 6.07) is 5.35. The van der Waals surface area contributed by atoms with Crippen LogP contribution in [0.4, 0.5) is 0 Å². The zero-order chi connectivity index (χ0) is 13.5. The molecule has 0 aliphatic heterocycles. The minimum Gasteiger partial charge on any atom is -0.391 e. The van der Waals surface area contributed by atoms with Crippen LogP contribution in [0.25, 0.3) is 0 Å². The molecule has 1 unspecified atom stereocenters. The lowest BCUT2D eigenvalue weighted by Gasteiger charge is -2.10. The lowest BCUT2D eigenvalue weighted by molar-refractivity contribution is 0.0587. The number of carbonyl (C=O) groups is 1. The molecule has 1 rings (SSSR count). The molecule has 2 N–H and O–H groups in total. The summed E-state index contributed by atoms with van der Waals surface area (Å²) in [5.74, 6) is -0.168. The molecule has 0 saturated carbocycles. The Morgan fingerprint density at radius 3 is 2.83 bits per heavy atom. The van der Waals surface area contributed by atoms with Crippen LogP contribution in [0.15, 0.2) is 27.1 Å². The van der Waals surface area contributed by atoms with Gasteiger partial charge in [-0.05, 0) is 40.5 Å². The van der Waals surface area contributed by atoms with Crippen molar-refractivity contribution in [3.05, 3.63) is 32.7 Å². The SMILES string of the molecule is COCC(O)CCNC(=O)c1ccc(Br)cc1Br. The van der Waals surface area contributed by atoms with Crippen molar-refractivity contribution in [3.8, 4) is 0 Å². The van der Waals surface area contributed by atoms with Crippen LogP contribution >= 0.6 is 31.9 Å². The minimum absolute atomic E-state index is 0.168. The third kappa shape index (κ3) is 5.06. The zero-order valence-electron chi connectivity index (χ0n) is 9.95. The second-order valence-electron chi connectivity index (χ2n) is 3.78. The van der Waals surface area contributed by atoms with E-state index in [1.165, 1.54) is 7.11 Å². The van der Waals surface area contributed by atoms with Gasteiger partial charge in [0.15, 0.2) is 0 Å². The van der Waals surface area contributed by atoms with Gasteiger partial charge in [0.05, 0.1) is 18.3 Å². The largest absolute Gasteiger partial charge is 0.391 e. The molecule has 0 heterocycles. The first kappa shape index (κ1) is 15.6. The first-order valence-electron chi connectivity index (χ1n) is 5.45. The van der Waals surface area contributed by atoms with Gasteiger partial charge in [0.2, 0.25) is 0 Å². The Balaban J connectivity index is 2.45. The maximum absolute atomic E-state index is 11.8. The number of benzene rings is 1. The highest BCUT2D eigenvalue weighted by Gasteiger charge is 2.10. The summed E-state index contributed by atoms with van der Waals surface area (Å²) in [6.45, 7) is 0.684. The normalized spacial score (nSPS) is 12.2. The van der Waals surface area contributed by atoms with Gasteiger partial charge in [-0.1, -0.05) is 15.9 Å². The van der Waals surface area contributed by atoms with Crippen molar-refractivity contribution < 1.29 is 14.6 Å². The minimum atomic E-state index is -0.552. The fraction of sp³-hybridized carbons (Fsp3) is 0.417. The number of hydrogen-bond donors (Lipinski definition) is 2. The predicted octanol–water partition coefficient (Wildman–Crippen LogP) is 2.34. The van der Waals surface area contributed by atoms with Crippen LogP contribution in [0.5, 0.6) is 0 Å². The van der Waals surface area contributed by atoms with Gasteiger partial charge in [-0.2, -0.15) is 0 Å². The summed E-state index contributed by atoms with van der Waals surface area (Å²) in [6.07, 6.45) is -0.0862. The Morgan fingerprint density at radius 2 is 2.22 bits per heavy atom. The highest BCUT2D eigenvalue weighted by atomic mass is 79.9. The molecule has 4 nitrogen and oxygen atoms in total. The van der Waals surface area contributed by atoms with E-state index in [0.717, 1.165) is 8.95 Å². The number of carbonyl (C=O) groups excluding carboxylic acids is 1. The Kier molecular flexibility index (Phi) is 6.85. The van der Waals surface area contributed by atoms with Crippen molar-refractivity contribution in [2.75, 3.05) is 20.3 Å². The molecule has 0 aliphatic carbocycles. The molecule has 1 aromatic carbocycles. The average molecular weight is 381 g/mol. The molecule has 1 amide bonds. The lowest BCUT2D eigenvalue weighted by atomic mass is 10.2. The number of ether oxygens (including phenoxy) is 1. The summed E-state index contributed by atoms with van der Waals surface area (Å²) >= 11 is 6.66. The molecule has 0 spiro atoms. The number of aliphatic hydroxyl groups excluding tert-OH is 1. The molecule has 100 valence electrons. The van der Waals surface area contributed by atoms with E-state index in [-0.39, 0.29) is 12.5 Å². The number of methoxy groups -OCH3 is 1. The van der Waals surface area contributed by atoms with E-state index >= 15 is 0 Å². The van der Waals surface area contributed by atoms with Crippen LogP contribution in [0.1, 0.15) is 16.8 Å². The Bertz CT molecular complexity index is 412. The van der Waals surface area contributed by atoms with E-state index in [4.69, 9.17) is 4.74 Å². The monoisotopic (exact) mass is 379 g/mol. The van der Waals surface area contributed by atoms with Gasteiger partial charge in [0.1, 0.15) is 0 Å².